The molecule has 316 valence electrons. The topological polar surface area (TPSA) is 59.6 Å². The molecule has 0 aliphatic carbocycles. The molecule has 0 spiro atoms. The fourth-order valence-corrected chi connectivity index (χ4v) is 8.71. The molecule has 0 radical (unpaired) electrons. The van der Waals surface area contributed by atoms with Crippen molar-refractivity contribution in [2.75, 3.05) is 0 Å². The van der Waals surface area contributed by atoms with E-state index < -0.39 is 60.4 Å². The number of hydrogen-bond donors (Lipinski definition) is 0. The number of rotatable bonds is 8. The van der Waals surface area contributed by atoms with Crippen LogP contribution >= 0.6 is 11.6 Å². The fourth-order valence-electron chi connectivity index (χ4n) is 8.54. The number of pyridine rings is 1. The predicted octanol–water partition coefficient (Wildman–Crippen LogP) is 14.8. The maximum absolute atomic E-state index is 10.2. The molecule has 0 bridgehead atoms. The molecule has 0 unspecified atom stereocenters. The highest BCUT2D eigenvalue weighted by atomic mass is 35.5. The second-order valence-corrected chi connectivity index (χ2v) is 17.2. The van der Waals surface area contributed by atoms with Gasteiger partial charge in [-0.2, -0.15) is 5.26 Å². The van der Waals surface area contributed by atoms with Gasteiger partial charge in [-0.05, 0) is 117 Å². The van der Waals surface area contributed by atoms with Crippen molar-refractivity contribution < 1.29 is 23.0 Å². The Morgan fingerprint density at radius 1 is 0.652 bits per heavy atom. The van der Waals surface area contributed by atoms with Gasteiger partial charge in [-0.3, -0.25) is 13.7 Å². The lowest BCUT2D eigenvalue weighted by molar-refractivity contribution is -0.571. The molecule has 3 heterocycles. The van der Waals surface area contributed by atoms with Crippen molar-refractivity contribution in [1.82, 2.24) is 14.1 Å². The van der Waals surface area contributed by atoms with Crippen LogP contribution in [0.25, 0.3) is 83.4 Å². The van der Waals surface area contributed by atoms with Crippen LogP contribution in [0.3, 0.4) is 0 Å². The zero-order valence-electron chi connectivity index (χ0n) is 45.8. The normalized spacial score (nSPS) is 13.7. The number of nitriles is 1. The maximum Gasteiger partial charge on any atom is 0.269 e. The van der Waals surface area contributed by atoms with Crippen LogP contribution in [0.5, 0.6) is 11.5 Å². The summed E-state index contributed by atoms with van der Waals surface area (Å²) in [4.78, 5) is 4.82. The number of hydrogen-bond acceptors (Lipinski definition) is 3. The summed E-state index contributed by atoms with van der Waals surface area (Å²) >= 11 is 6.58. The van der Waals surface area contributed by atoms with Crippen molar-refractivity contribution in [2.45, 2.75) is 26.2 Å². The average Bonchev–Trinajstić information content (AvgIpc) is 3.96. The van der Waals surface area contributed by atoms with E-state index in [1.807, 2.05) is 103 Å². The zero-order chi connectivity index (χ0) is 53.6. The number of aromatic nitrogens is 4. The lowest BCUT2D eigenvalue weighted by atomic mass is 9.88. The van der Waals surface area contributed by atoms with Gasteiger partial charge < -0.3 is 4.74 Å². The van der Waals surface area contributed by atoms with Gasteiger partial charge in [0, 0.05) is 28.1 Å². The molecule has 0 saturated carbocycles. The first-order valence-electron chi connectivity index (χ1n) is 26.1. The number of fused-ring (bicyclic) bond motifs is 4. The lowest BCUT2D eigenvalue weighted by Crippen LogP contribution is -2.31. The van der Waals surface area contributed by atoms with Crippen molar-refractivity contribution in [3.8, 4) is 68.1 Å². The van der Waals surface area contributed by atoms with E-state index >= 15 is 0 Å². The molecule has 0 amide bonds. The average molecular weight is 883 g/mol. The Morgan fingerprint density at radius 2 is 1.35 bits per heavy atom. The largest absolute Gasteiger partial charge is 0.458 e. The van der Waals surface area contributed by atoms with Gasteiger partial charge in [0.2, 0.25) is 0 Å². The Labute approximate surface area is 402 Å². The number of benzene rings is 8. The molecule has 0 atom stereocenters. The quantitative estimate of drug-likeness (QED) is 0.113. The highest BCUT2D eigenvalue weighted by Gasteiger charge is 2.22. The van der Waals surface area contributed by atoms with E-state index in [-0.39, 0.29) is 33.4 Å². The van der Waals surface area contributed by atoms with E-state index in [1.165, 1.54) is 0 Å². The van der Waals surface area contributed by atoms with Crippen LogP contribution < -0.4 is 9.30 Å². The number of ether oxygens (including phenoxy) is 1. The molecule has 8 aromatic carbocycles. The first kappa shape index (κ1) is 30.8. The van der Waals surface area contributed by atoms with Crippen LogP contribution in [0.2, 0.25) is 5.02 Å². The summed E-state index contributed by atoms with van der Waals surface area (Å²) < 4.78 is 100. The fraction of sp³-hybridized carbons (Fsp3) is 0.0678. The third-order valence-electron chi connectivity index (χ3n) is 11.7. The molecular formula is C59H42ClN5O. The maximum atomic E-state index is 10.2. The van der Waals surface area contributed by atoms with Gasteiger partial charge in [0.25, 0.3) is 6.33 Å². The van der Waals surface area contributed by atoms with Gasteiger partial charge in [0.1, 0.15) is 17.3 Å². The standard InChI is InChI=1S/C59H42ClN5O/c1-59(2,3)43-30-31-62-57(33-43)65-53-29-25-44(60)34-52(53)51-27-26-47(36-55(51)65)66-46-20-12-19-45(35-46)63-38-64(56-32-41(24-28-54(56)63)48-21-11-10-18-42(48)37-61)58-49(39-14-6-4-7-15-39)22-13-23-50(58)40-16-8-5-9-17-40/h4-36H,1-3H3/i4D,5D,6D,7D,8D,9D,14D,15D,16D,17D. The minimum absolute atomic E-state index is 0.0944. The van der Waals surface area contributed by atoms with E-state index in [0.29, 0.717) is 49.9 Å². The monoisotopic (exact) mass is 881 g/mol. The summed E-state index contributed by atoms with van der Waals surface area (Å²) in [5.41, 5.74) is 5.86. The molecule has 7 heteroatoms. The van der Waals surface area contributed by atoms with E-state index in [4.69, 9.17) is 35.0 Å². The van der Waals surface area contributed by atoms with E-state index in [2.05, 4.69) is 43.8 Å². The van der Waals surface area contributed by atoms with Crippen LogP contribution in [-0.2, 0) is 5.41 Å². The van der Waals surface area contributed by atoms with Crippen molar-refractivity contribution >= 4 is 44.4 Å². The third-order valence-corrected chi connectivity index (χ3v) is 11.9. The Bertz CT molecular complexity index is 4160. The molecule has 0 saturated heterocycles. The summed E-state index contributed by atoms with van der Waals surface area (Å²) in [6, 6.07) is 37.0. The second-order valence-electron chi connectivity index (χ2n) is 16.8. The molecule has 6 nitrogen and oxygen atoms in total. The number of imidazole rings is 1. The van der Waals surface area contributed by atoms with Gasteiger partial charge in [-0.1, -0.05) is 147 Å². The molecule has 0 fully saturated rings. The van der Waals surface area contributed by atoms with E-state index in [1.54, 1.807) is 39.5 Å². The molecule has 0 N–H and O–H groups in total. The molecule has 66 heavy (non-hydrogen) atoms. The molecule has 0 aliphatic rings. The number of nitrogens with zero attached hydrogens (tertiary/aromatic N) is 5. The van der Waals surface area contributed by atoms with Crippen LogP contribution in [0.1, 0.15) is 45.6 Å². The van der Waals surface area contributed by atoms with Gasteiger partial charge in [-0.15, -0.1) is 0 Å². The first-order valence-corrected chi connectivity index (χ1v) is 21.5. The highest BCUT2D eigenvalue weighted by Crippen LogP contribution is 2.39. The zero-order valence-corrected chi connectivity index (χ0v) is 36.6. The van der Waals surface area contributed by atoms with Gasteiger partial charge in [0.05, 0.1) is 58.8 Å². The smallest absolute Gasteiger partial charge is 0.269 e. The van der Waals surface area contributed by atoms with Crippen molar-refractivity contribution in [2.24, 2.45) is 0 Å². The molecule has 0 aliphatic heterocycles. The molecule has 3 aromatic heterocycles. The first-order chi connectivity index (χ1) is 36.4. The minimum Gasteiger partial charge on any atom is -0.458 e. The van der Waals surface area contributed by atoms with Crippen LogP contribution in [-0.4, -0.2) is 14.1 Å². The molecular weight excluding hydrogens is 830 g/mol. The van der Waals surface area contributed by atoms with Crippen LogP contribution in [0.4, 0.5) is 0 Å². The number of halogens is 1. The van der Waals surface area contributed by atoms with Gasteiger partial charge in [0.15, 0.2) is 0 Å². The Balaban J connectivity index is 1.14. The summed E-state index contributed by atoms with van der Waals surface area (Å²) in [5.74, 6) is 1.72. The Kier molecular flexibility index (Phi) is 7.64. The van der Waals surface area contributed by atoms with Gasteiger partial charge in [-0.25, -0.2) is 4.98 Å². The van der Waals surface area contributed by atoms with Crippen molar-refractivity contribution in [1.29, 1.82) is 5.26 Å². The minimum atomic E-state index is -0.601. The summed E-state index contributed by atoms with van der Waals surface area (Å²) in [6.45, 7) is 6.47. The van der Waals surface area contributed by atoms with Crippen molar-refractivity contribution in [3.05, 3.63) is 223 Å². The molecule has 11 aromatic rings. The van der Waals surface area contributed by atoms with Gasteiger partial charge >= 0.3 is 0 Å². The summed E-state index contributed by atoms with van der Waals surface area (Å²) in [5, 5.41) is 12.7. The summed E-state index contributed by atoms with van der Waals surface area (Å²) in [6.07, 6.45) is 5.29. The predicted molar refractivity (Wildman–Crippen MR) is 267 cm³/mol. The van der Waals surface area contributed by atoms with E-state index in [9.17, 15) is 5.26 Å². The van der Waals surface area contributed by atoms with E-state index in [0.717, 1.165) is 33.2 Å². The second kappa shape index (κ2) is 16.4. The lowest BCUT2D eigenvalue weighted by Gasteiger charge is -2.20. The molecule has 11 rings (SSSR count). The summed E-state index contributed by atoms with van der Waals surface area (Å²) in [7, 11) is 0. The SMILES string of the molecule is [2H]c1c([2H])c([2H])c(-c2cccc(-c3c([2H])c([2H])c([2H])c([2H])c3[2H])c2-[n+]2[c-]n(-c3cccc(Oc4ccc5c6cc(Cl)ccc6n(-c6cc(C(C)(C)C)ccn6)c5c4)c3)c3ccc(-c4ccccc4C#N)cc32)c([2H])c1[2H]. The third kappa shape index (κ3) is 7.26. The van der Waals surface area contributed by atoms with Crippen LogP contribution in [0.15, 0.2) is 200 Å². The Hall–Kier alpha value is -8.24. The van der Waals surface area contributed by atoms with Crippen molar-refractivity contribution in [3.63, 3.8) is 0 Å². The van der Waals surface area contributed by atoms with Crippen LogP contribution in [0, 0.1) is 17.7 Å². The highest BCUT2D eigenvalue weighted by molar-refractivity contribution is 6.32. The Morgan fingerprint density at radius 3 is 2.09 bits per heavy atom. The number of para-hydroxylation sites is 1.